The van der Waals surface area contributed by atoms with Crippen LogP contribution in [0.1, 0.15) is 48.3 Å². The third-order valence-corrected chi connectivity index (χ3v) is 5.30. The summed E-state index contributed by atoms with van der Waals surface area (Å²) in [6.07, 6.45) is 2.06. The number of fused-ring (bicyclic) bond motifs is 1. The lowest BCUT2D eigenvalue weighted by atomic mass is 10.1. The molecule has 0 spiro atoms. The van der Waals surface area contributed by atoms with E-state index in [0.29, 0.717) is 23.5 Å². The Kier molecular flexibility index (Phi) is 6.42. The monoisotopic (exact) mass is 457 g/mol. The molecule has 0 N–H and O–H groups in total. The molecule has 0 aliphatic carbocycles. The molecule has 3 rings (SSSR count). The van der Waals surface area contributed by atoms with Crippen molar-refractivity contribution in [3.8, 4) is 5.75 Å². The quantitative estimate of drug-likeness (QED) is 0.356. The van der Waals surface area contributed by atoms with Crippen LogP contribution in [0.2, 0.25) is 0 Å². The van der Waals surface area contributed by atoms with Gasteiger partial charge in [0.05, 0.1) is 24.1 Å². The number of hydrogen-bond donors (Lipinski definition) is 0. The summed E-state index contributed by atoms with van der Waals surface area (Å²) in [4.78, 5) is 24.8. The Balaban J connectivity index is 1.93. The number of hydrogen-bond acceptors (Lipinski definition) is 4. The molecule has 0 bridgehead atoms. The van der Waals surface area contributed by atoms with E-state index in [9.17, 15) is 9.59 Å². The molecule has 2 aromatic carbocycles. The highest BCUT2D eigenvalue weighted by Crippen LogP contribution is 2.30. The molecule has 29 heavy (non-hydrogen) atoms. The molecule has 0 aliphatic heterocycles. The molecule has 0 amide bonds. The highest BCUT2D eigenvalue weighted by atomic mass is 79.9. The fraction of sp³-hybridized carbons (Fsp3) is 0.304. The first-order valence-corrected chi connectivity index (χ1v) is 10.4. The standard InChI is InChI=1S/C23H24BrNO4/c1-5-28-22(26)13-16-7-6-15(4)10-21(16)29-23(27)17-11-19(24)18-8-9-25(14(2)3)20(18)12-17/h6-12,14H,5,13H2,1-4H3. The number of carbonyl (C=O) groups is 2. The lowest BCUT2D eigenvalue weighted by Gasteiger charge is -2.13. The van der Waals surface area contributed by atoms with E-state index in [2.05, 4.69) is 34.3 Å². The van der Waals surface area contributed by atoms with E-state index in [0.717, 1.165) is 20.9 Å². The SMILES string of the molecule is CCOC(=O)Cc1ccc(C)cc1OC(=O)c1cc(Br)c2ccn(C(C)C)c2c1. The van der Waals surface area contributed by atoms with E-state index < -0.39 is 5.97 Å². The van der Waals surface area contributed by atoms with Gasteiger partial charge in [0.15, 0.2) is 0 Å². The predicted molar refractivity (Wildman–Crippen MR) is 116 cm³/mol. The van der Waals surface area contributed by atoms with Crippen LogP contribution in [0.5, 0.6) is 5.75 Å². The summed E-state index contributed by atoms with van der Waals surface area (Å²) in [6, 6.07) is 11.3. The van der Waals surface area contributed by atoms with Crippen LogP contribution in [0.4, 0.5) is 0 Å². The maximum Gasteiger partial charge on any atom is 0.343 e. The van der Waals surface area contributed by atoms with E-state index in [4.69, 9.17) is 9.47 Å². The number of ether oxygens (including phenoxy) is 2. The fourth-order valence-electron chi connectivity index (χ4n) is 3.21. The highest BCUT2D eigenvalue weighted by Gasteiger charge is 2.17. The Labute approximate surface area is 178 Å². The summed E-state index contributed by atoms with van der Waals surface area (Å²) in [7, 11) is 0. The van der Waals surface area contributed by atoms with Gasteiger partial charge in [-0.25, -0.2) is 4.79 Å². The van der Waals surface area contributed by atoms with E-state index in [1.54, 1.807) is 25.1 Å². The van der Waals surface area contributed by atoms with Crippen LogP contribution in [-0.2, 0) is 16.0 Å². The molecule has 0 fully saturated rings. The third-order valence-electron chi connectivity index (χ3n) is 4.65. The Morgan fingerprint density at radius 2 is 1.90 bits per heavy atom. The van der Waals surface area contributed by atoms with Gasteiger partial charge in [0.2, 0.25) is 0 Å². The van der Waals surface area contributed by atoms with Crippen molar-refractivity contribution in [2.24, 2.45) is 0 Å². The second-order valence-electron chi connectivity index (χ2n) is 7.19. The summed E-state index contributed by atoms with van der Waals surface area (Å²) in [5.74, 6) is -0.453. The predicted octanol–water partition coefficient (Wildman–Crippen LogP) is 5.62. The molecule has 152 valence electrons. The molecule has 0 aliphatic rings. The number of carbonyl (C=O) groups excluding carboxylic acids is 2. The first kappa shape index (κ1) is 21.1. The van der Waals surface area contributed by atoms with Crippen LogP contribution < -0.4 is 4.74 Å². The Morgan fingerprint density at radius 3 is 2.59 bits per heavy atom. The van der Waals surface area contributed by atoms with Gasteiger partial charge in [-0.1, -0.05) is 28.1 Å². The van der Waals surface area contributed by atoms with Gasteiger partial charge in [0.25, 0.3) is 0 Å². The Bertz CT molecular complexity index is 1070. The minimum absolute atomic E-state index is 0.0513. The number of halogens is 1. The van der Waals surface area contributed by atoms with Gasteiger partial charge in [0.1, 0.15) is 5.75 Å². The van der Waals surface area contributed by atoms with Crippen LogP contribution in [0.3, 0.4) is 0 Å². The molecule has 0 atom stereocenters. The Hall–Kier alpha value is -2.60. The molecule has 1 heterocycles. The molecule has 0 unspecified atom stereocenters. The zero-order valence-electron chi connectivity index (χ0n) is 17.0. The smallest absolute Gasteiger partial charge is 0.343 e. The van der Waals surface area contributed by atoms with Gasteiger partial charge in [-0.2, -0.15) is 0 Å². The van der Waals surface area contributed by atoms with Crippen LogP contribution in [-0.4, -0.2) is 23.1 Å². The number of nitrogens with zero attached hydrogens (tertiary/aromatic N) is 1. The fourth-order valence-corrected chi connectivity index (χ4v) is 3.80. The summed E-state index contributed by atoms with van der Waals surface area (Å²) in [5, 5.41) is 1.04. The van der Waals surface area contributed by atoms with Crippen molar-refractivity contribution in [1.82, 2.24) is 4.57 Å². The first-order valence-electron chi connectivity index (χ1n) is 9.57. The summed E-state index contributed by atoms with van der Waals surface area (Å²) < 4.78 is 13.7. The van der Waals surface area contributed by atoms with Crippen molar-refractivity contribution in [2.75, 3.05) is 6.61 Å². The molecule has 1 aromatic heterocycles. The second-order valence-corrected chi connectivity index (χ2v) is 8.04. The lowest BCUT2D eigenvalue weighted by molar-refractivity contribution is -0.142. The zero-order valence-corrected chi connectivity index (χ0v) is 18.6. The number of aryl methyl sites for hydroxylation is 1. The molecule has 3 aromatic rings. The summed E-state index contributed by atoms with van der Waals surface area (Å²) in [5.41, 5.74) is 2.95. The van der Waals surface area contributed by atoms with Crippen molar-refractivity contribution >= 4 is 38.8 Å². The summed E-state index contributed by atoms with van der Waals surface area (Å²) in [6.45, 7) is 8.15. The number of aromatic nitrogens is 1. The molecule has 0 saturated carbocycles. The van der Waals surface area contributed by atoms with Gasteiger partial charge in [-0.05, 0) is 57.5 Å². The van der Waals surface area contributed by atoms with E-state index in [1.165, 1.54) is 0 Å². The first-order chi connectivity index (χ1) is 13.8. The Morgan fingerprint density at radius 1 is 1.14 bits per heavy atom. The third kappa shape index (κ3) is 4.70. The van der Waals surface area contributed by atoms with Gasteiger partial charge < -0.3 is 14.0 Å². The second kappa shape index (κ2) is 8.82. The van der Waals surface area contributed by atoms with Crippen molar-refractivity contribution in [3.05, 3.63) is 63.8 Å². The molecular formula is C23H24BrNO4. The van der Waals surface area contributed by atoms with Gasteiger partial charge in [0, 0.05) is 27.7 Å². The van der Waals surface area contributed by atoms with Crippen LogP contribution in [0.15, 0.2) is 47.1 Å². The average Bonchev–Trinajstić information content (AvgIpc) is 3.09. The number of esters is 2. The van der Waals surface area contributed by atoms with Gasteiger partial charge in [-0.15, -0.1) is 0 Å². The van der Waals surface area contributed by atoms with Crippen LogP contribution >= 0.6 is 15.9 Å². The van der Waals surface area contributed by atoms with E-state index >= 15 is 0 Å². The average molecular weight is 458 g/mol. The number of rotatable bonds is 6. The molecule has 5 nitrogen and oxygen atoms in total. The topological polar surface area (TPSA) is 57.5 Å². The van der Waals surface area contributed by atoms with Gasteiger partial charge in [-0.3, -0.25) is 4.79 Å². The highest BCUT2D eigenvalue weighted by molar-refractivity contribution is 9.10. The molecule has 0 radical (unpaired) electrons. The van der Waals surface area contributed by atoms with Crippen molar-refractivity contribution in [2.45, 2.75) is 40.2 Å². The normalized spacial score (nSPS) is 11.1. The van der Waals surface area contributed by atoms with Crippen molar-refractivity contribution in [1.29, 1.82) is 0 Å². The minimum atomic E-state index is -0.472. The van der Waals surface area contributed by atoms with Gasteiger partial charge >= 0.3 is 11.9 Å². The van der Waals surface area contributed by atoms with Crippen molar-refractivity contribution in [3.63, 3.8) is 0 Å². The molecular weight excluding hydrogens is 434 g/mol. The maximum absolute atomic E-state index is 12.9. The lowest BCUT2D eigenvalue weighted by Crippen LogP contribution is -2.13. The minimum Gasteiger partial charge on any atom is -0.466 e. The zero-order chi connectivity index (χ0) is 21.1. The van der Waals surface area contributed by atoms with Crippen LogP contribution in [0, 0.1) is 6.92 Å². The molecule has 0 saturated heterocycles. The summed E-state index contributed by atoms with van der Waals surface area (Å²) >= 11 is 3.56. The largest absolute Gasteiger partial charge is 0.466 e. The van der Waals surface area contributed by atoms with E-state index in [-0.39, 0.29) is 18.4 Å². The van der Waals surface area contributed by atoms with E-state index in [1.807, 2.05) is 31.3 Å². The van der Waals surface area contributed by atoms with Crippen molar-refractivity contribution < 1.29 is 19.1 Å². The maximum atomic E-state index is 12.9. The number of benzene rings is 2. The molecule has 6 heteroatoms. The van der Waals surface area contributed by atoms with Crippen LogP contribution in [0.25, 0.3) is 10.9 Å².